The number of nitrogens with two attached hydrogens (primary N) is 1. The first-order valence-electron chi connectivity index (χ1n) is 11.7. The van der Waals surface area contributed by atoms with Crippen molar-refractivity contribution in [3.05, 3.63) is 35.9 Å². The van der Waals surface area contributed by atoms with Crippen LogP contribution in [-0.2, 0) is 16.0 Å². The number of unbranched alkanes of at least 4 members (excludes halogenated alkanes) is 13. The van der Waals surface area contributed by atoms with Crippen molar-refractivity contribution in [1.82, 2.24) is 0 Å². The summed E-state index contributed by atoms with van der Waals surface area (Å²) in [4.78, 5) is 11.9. The normalized spacial score (nSPS) is 12.1. The van der Waals surface area contributed by atoms with E-state index in [1.807, 2.05) is 30.3 Å². The van der Waals surface area contributed by atoms with E-state index in [0.29, 0.717) is 13.0 Å². The van der Waals surface area contributed by atoms with E-state index in [0.717, 1.165) is 18.4 Å². The van der Waals surface area contributed by atoms with E-state index >= 15 is 0 Å². The van der Waals surface area contributed by atoms with Crippen molar-refractivity contribution in [3.63, 3.8) is 0 Å². The standard InChI is InChI=1S/C25H43NO2/c1-2-3-4-5-6-7-8-9-10-11-12-13-14-18-21-28-25(27)24(26)22-23-19-16-15-17-20-23/h15-17,19-20,24H,2-14,18,21-22,26H2,1H3/t24-/m0/s1. The summed E-state index contributed by atoms with van der Waals surface area (Å²) in [6, 6.07) is 9.29. The quantitative estimate of drug-likeness (QED) is 0.228. The first kappa shape index (κ1) is 24.7. The second-order valence-corrected chi connectivity index (χ2v) is 8.06. The molecular weight excluding hydrogens is 346 g/mol. The maximum atomic E-state index is 11.9. The summed E-state index contributed by atoms with van der Waals surface area (Å²) in [6.07, 6.45) is 19.1. The lowest BCUT2D eigenvalue weighted by Gasteiger charge is -2.11. The second-order valence-electron chi connectivity index (χ2n) is 8.06. The molecular formula is C25H43NO2. The molecule has 0 aromatic heterocycles. The molecule has 160 valence electrons. The van der Waals surface area contributed by atoms with Gasteiger partial charge in [-0.05, 0) is 18.4 Å². The molecule has 0 amide bonds. The number of esters is 1. The fourth-order valence-corrected chi connectivity index (χ4v) is 3.53. The minimum atomic E-state index is -0.561. The Bertz CT molecular complexity index is 475. The number of rotatable bonds is 18. The van der Waals surface area contributed by atoms with Crippen LogP contribution in [0, 0.1) is 0 Å². The molecule has 0 radical (unpaired) electrons. The highest BCUT2D eigenvalue weighted by molar-refractivity contribution is 5.75. The molecule has 1 aromatic carbocycles. The van der Waals surface area contributed by atoms with E-state index in [1.165, 1.54) is 77.0 Å². The molecule has 0 heterocycles. The maximum Gasteiger partial charge on any atom is 0.323 e. The van der Waals surface area contributed by atoms with Gasteiger partial charge in [0.1, 0.15) is 6.04 Å². The fourth-order valence-electron chi connectivity index (χ4n) is 3.53. The largest absolute Gasteiger partial charge is 0.465 e. The SMILES string of the molecule is CCCCCCCCCCCCCCCCOC(=O)[C@@H](N)Cc1ccccc1. The minimum Gasteiger partial charge on any atom is -0.465 e. The van der Waals surface area contributed by atoms with Crippen LogP contribution in [0.15, 0.2) is 30.3 Å². The molecule has 0 unspecified atom stereocenters. The number of carbonyl (C=O) groups is 1. The van der Waals surface area contributed by atoms with Crippen molar-refractivity contribution in [2.75, 3.05) is 6.61 Å². The van der Waals surface area contributed by atoms with Gasteiger partial charge >= 0.3 is 5.97 Å². The van der Waals surface area contributed by atoms with Crippen LogP contribution in [0.5, 0.6) is 0 Å². The van der Waals surface area contributed by atoms with E-state index in [9.17, 15) is 4.79 Å². The Hall–Kier alpha value is -1.35. The van der Waals surface area contributed by atoms with Crippen LogP contribution in [0.1, 0.15) is 102 Å². The highest BCUT2D eigenvalue weighted by Crippen LogP contribution is 2.13. The average Bonchev–Trinajstić information content (AvgIpc) is 2.71. The lowest BCUT2D eigenvalue weighted by molar-refractivity contribution is -0.145. The van der Waals surface area contributed by atoms with Gasteiger partial charge in [-0.15, -0.1) is 0 Å². The Labute approximate surface area is 173 Å². The second kappa shape index (κ2) is 17.7. The average molecular weight is 390 g/mol. The summed E-state index contributed by atoms with van der Waals surface area (Å²) in [5, 5.41) is 0. The maximum absolute atomic E-state index is 11.9. The van der Waals surface area contributed by atoms with Gasteiger partial charge in [-0.3, -0.25) is 4.79 Å². The van der Waals surface area contributed by atoms with Crippen molar-refractivity contribution in [1.29, 1.82) is 0 Å². The van der Waals surface area contributed by atoms with Gasteiger partial charge in [0.05, 0.1) is 6.61 Å². The summed E-state index contributed by atoms with van der Waals surface area (Å²) in [7, 11) is 0. The Morgan fingerprint density at radius 3 is 1.75 bits per heavy atom. The van der Waals surface area contributed by atoms with Crippen molar-refractivity contribution < 1.29 is 9.53 Å². The van der Waals surface area contributed by atoms with E-state index in [-0.39, 0.29) is 5.97 Å². The third-order valence-corrected chi connectivity index (χ3v) is 5.34. The first-order chi connectivity index (χ1) is 13.7. The summed E-state index contributed by atoms with van der Waals surface area (Å²) < 4.78 is 5.32. The van der Waals surface area contributed by atoms with Crippen molar-refractivity contribution in [2.24, 2.45) is 5.73 Å². The third kappa shape index (κ3) is 13.8. The van der Waals surface area contributed by atoms with Crippen LogP contribution < -0.4 is 5.73 Å². The third-order valence-electron chi connectivity index (χ3n) is 5.34. The van der Waals surface area contributed by atoms with Gasteiger partial charge in [0.2, 0.25) is 0 Å². The monoisotopic (exact) mass is 389 g/mol. The molecule has 0 aliphatic heterocycles. The fraction of sp³-hybridized carbons (Fsp3) is 0.720. The molecule has 3 nitrogen and oxygen atoms in total. The molecule has 0 aliphatic rings. The topological polar surface area (TPSA) is 52.3 Å². The minimum absolute atomic E-state index is 0.279. The first-order valence-corrected chi connectivity index (χ1v) is 11.7. The Morgan fingerprint density at radius 2 is 1.25 bits per heavy atom. The molecule has 1 atom stereocenters. The highest BCUT2D eigenvalue weighted by atomic mass is 16.5. The number of ether oxygens (including phenoxy) is 1. The highest BCUT2D eigenvalue weighted by Gasteiger charge is 2.15. The predicted octanol–water partition coefficient (Wildman–Crippen LogP) is 6.58. The molecule has 0 fully saturated rings. The van der Waals surface area contributed by atoms with Crippen molar-refractivity contribution in [2.45, 2.75) is 109 Å². The molecule has 3 heteroatoms. The van der Waals surface area contributed by atoms with Crippen LogP contribution >= 0.6 is 0 Å². The lowest BCUT2D eigenvalue weighted by atomic mass is 10.0. The molecule has 0 saturated carbocycles. The smallest absolute Gasteiger partial charge is 0.323 e. The Kier molecular flexibility index (Phi) is 15.6. The van der Waals surface area contributed by atoms with E-state index < -0.39 is 6.04 Å². The van der Waals surface area contributed by atoms with Gasteiger partial charge in [0.15, 0.2) is 0 Å². The lowest BCUT2D eigenvalue weighted by Crippen LogP contribution is -2.34. The molecule has 0 bridgehead atoms. The van der Waals surface area contributed by atoms with Crippen LogP contribution in [0.4, 0.5) is 0 Å². The molecule has 0 saturated heterocycles. The summed E-state index contributed by atoms with van der Waals surface area (Å²) in [6.45, 7) is 2.77. The van der Waals surface area contributed by atoms with Gasteiger partial charge < -0.3 is 10.5 Å². The van der Waals surface area contributed by atoms with Gasteiger partial charge in [-0.1, -0.05) is 121 Å². The zero-order valence-electron chi connectivity index (χ0n) is 18.2. The molecule has 0 spiro atoms. The number of hydrogen-bond acceptors (Lipinski definition) is 3. The van der Waals surface area contributed by atoms with Crippen LogP contribution in [0.3, 0.4) is 0 Å². The number of hydrogen-bond donors (Lipinski definition) is 1. The predicted molar refractivity (Wildman–Crippen MR) is 119 cm³/mol. The zero-order chi connectivity index (χ0) is 20.3. The van der Waals surface area contributed by atoms with Gasteiger partial charge in [-0.2, -0.15) is 0 Å². The van der Waals surface area contributed by atoms with Gasteiger partial charge in [0.25, 0.3) is 0 Å². The molecule has 1 aromatic rings. The number of benzene rings is 1. The Balaban J connectivity index is 1.84. The zero-order valence-corrected chi connectivity index (χ0v) is 18.2. The molecule has 1 rings (SSSR count). The van der Waals surface area contributed by atoms with Gasteiger partial charge in [-0.25, -0.2) is 0 Å². The van der Waals surface area contributed by atoms with Crippen LogP contribution in [0.25, 0.3) is 0 Å². The van der Waals surface area contributed by atoms with Crippen molar-refractivity contribution in [3.8, 4) is 0 Å². The summed E-state index contributed by atoms with van der Waals surface area (Å²) in [5.74, 6) is -0.279. The number of carbonyl (C=O) groups excluding carboxylic acids is 1. The van der Waals surface area contributed by atoms with E-state index in [4.69, 9.17) is 10.5 Å². The van der Waals surface area contributed by atoms with Crippen molar-refractivity contribution >= 4 is 5.97 Å². The molecule has 0 aliphatic carbocycles. The van der Waals surface area contributed by atoms with Crippen LogP contribution in [-0.4, -0.2) is 18.6 Å². The molecule has 2 N–H and O–H groups in total. The summed E-state index contributed by atoms with van der Waals surface area (Å²) >= 11 is 0. The molecule has 28 heavy (non-hydrogen) atoms. The van der Waals surface area contributed by atoms with E-state index in [2.05, 4.69) is 6.92 Å². The van der Waals surface area contributed by atoms with E-state index in [1.54, 1.807) is 0 Å². The van der Waals surface area contributed by atoms with Crippen LogP contribution in [0.2, 0.25) is 0 Å². The summed E-state index contributed by atoms with van der Waals surface area (Å²) in [5.41, 5.74) is 7.01. The van der Waals surface area contributed by atoms with Gasteiger partial charge in [0, 0.05) is 0 Å². The Morgan fingerprint density at radius 1 is 0.786 bits per heavy atom.